The summed E-state index contributed by atoms with van der Waals surface area (Å²) in [6.45, 7) is 8.57. The standard InChI is InChI=1S/C25H27ClN8O3S/c1-13-11-27-12-18(28-13)33-7-9-34(10-8-33)25-31-21-19(15(3)38-22(21)23(35)32(25)4)14(2)29-16-5-6-17(26)30-20(16)24(36)37/h5-6,11-12,14,29H,7-10H2,1-4H3,(H,36,37). The van der Waals surface area contributed by atoms with Gasteiger partial charge in [-0.3, -0.25) is 14.3 Å². The first-order valence-electron chi connectivity index (χ1n) is 12.1. The zero-order valence-corrected chi connectivity index (χ0v) is 23.0. The van der Waals surface area contributed by atoms with Crippen LogP contribution in [0.2, 0.25) is 5.15 Å². The Balaban J connectivity index is 1.46. The molecule has 0 spiro atoms. The number of aromatic carboxylic acids is 1. The fraction of sp³-hybridized carbons (Fsp3) is 0.360. The van der Waals surface area contributed by atoms with Gasteiger partial charge in [0.25, 0.3) is 5.56 Å². The van der Waals surface area contributed by atoms with Crippen LogP contribution in [0.3, 0.4) is 0 Å². The van der Waals surface area contributed by atoms with E-state index in [9.17, 15) is 14.7 Å². The van der Waals surface area contributed by atoms with Crippen molar-refractivity contribution in [2.45, 2.75) is 26.8 Å². The van der Waals surface area contributed by atoms with Crippen molar-refractivity contribution in [3.63, 3.8) is 0 Å². The molecular formula is C25H27ClN8O3S. The monoisotopic (exact) mass is 554 g/mol. The van der Waals surface area contributed by atoms with Gasteiger partial charge in [-0.15, -0.1) is 11.3 Å². The lowest BCUT2D eigenvalue weighted by atomic mass is 10.1. The third-order valence-electron chi connectivity index (χ3n) is 6.61. The van der Waals surface area contributed by atoms with E-state index in [2.05, 4.69) is 30.1 Å². The van der Waals surface area contributed by atoms with E-state index in [1.807, 2.05) is 20.8 Å². The molecule has 13 heteroatoms. The molecule has 1 atom stereocenters. The summed E-state index contributed by atoms with van der Waals surface area (Å²) in [5, 5.41) is 12.9. The zero-order chi connectivity index (χ0) is 27.1. The van der Waals surface area contributed by atoms with Crippen LogP contribution < -0.4 is 20.7 Å². The smallest absolute Gasteiger partial charge is 0.356 e. The Labute approximate surface area is 227 Å². The largest absolute Gasteiger partial charge is 0.476 e. The van der Waals surface area contributed by atoms with Gasteiger partial charge in [0.2, 0.25) is 5.95 Å². The molecule has 2 N–H and O–H groups in total. The minimum atomic E-state index is -1.18. The number of fused-ring (bicyclic) bond motifs is 1. The second-order valence-corrected chi connectivity index (χ2v) is 10.8. The molecule has 1 aliphatic rings. The second kappa shape index (κ2) is 10.2. The molecule has 0 aliphatic carbocycles. The molecule has 0 saturated carbocycles. The molecule has 4 aromatic rings. The number of aromatic nitrogens is 5. The fourth-order valence-corrected chi connectivity index (χ4v) is 6.08. The van der Waals surface area contributed by atoms with Crippen LogP contribution in [0.5, 0.6) is 0 Å². The summed E-state index contributed by atoms with van der Waals surface area (Å²) >= 11 is 7.31. The molecular weight excluding hydrogens is 528 g/mol. The molecule has 0 radical (unpaired) electrons. The number of aryl methyl sites for hydroxylation is 2. The molecule has 198 valence electrons. The van der Waals surface area contributed by atoms with E-state index in [1.54, 1.807) is 30.1 Å². The molecule has 0 aromatic carbocycles. The first kappa shape index (κ1) is 25.9. The minimum absolute atomic E-state index is 0.0992. The number of pyridine rings is 1. The maximum Gasteiger partial charge on any atom is 0.356 e. The highest BCUT2D eigenvalue weighted by Gasteiger charge is 2.26. The topological polar surface area (TPSA) is 129 Å². The number of hydrogen-bond acceptors (Lipinski definition) is 10. The predicted molar refractivity (Wildman–Crippen MR) is 149 cm³/mol. The molecule has 38 heavy (non-hydrogen) atoms. The van der Waals surface area contributed by atoms with Gasteiger partial charge in [-0.2, -0.15) is 0 Å². The highest BCUT2D eigenvalue weighted by Crippen LogP contribution is 2.35. The van der Waals surface area contributed by atoms with Crippen molar-refractivity contribution in [1.29, 1.82) is 0 Å². The highest BCUT2D eigenvalue weighted by atomic mass is 35.5. The number of carboxylic acids is 1. The van der Waals surface area contributed by atoms with Crippen LogP contribution >= 0.6 is 22.9 Å². The van der Waals surface area contributed by atoms with Gasteiger partial charge in [-0.25, -0.2) is 19.7 Å². The van der Waals surface area contributed by atoms with E-state index < -0.39 is 5.97 Å². The van der Waals surface area contributed by atoms with Gasteiger partial charge >= 0.3 is 5.97 Å². The number of nitrogens with one attached hydrogen (secondary N) is 1. The Morgan fingerprint density at radius 3 is 2.50 bits per heavy atom. The third kappa shape index (κ3) is 4.76. The first-order valence-corrected chi connectivity index (χ1v) is 13.3. The van der Waals surface area contributed by atoms with Crippen molar-refractivity contribution >= 4 is 56.6 Å². The number of halogens is 1. The molecule has 1 unspecified atom stereocenters. The number of carbonyl (C=O) groups is 1. The lowest BCUT2D eigenvalue weighted by Crippen LogP contribution is -2.48. The normalized spacial score (nSPS) is 14.7. The molecule has 0 bridgehead atoms. The molecule has 5 heterocycles. The highest BCUT2D eigenvalue weighted by molar-refractivity contribution is 7.19. The van der Waals surface area contributed by atoms with Crippen LogP contribution in [-0.4, -0.2) is 61.8 Å². The fourth-order valence-electron chi connectivity index (χ4n) is 4.77. The van der Waals surface area contributed by atoms with Crippen molar-refractivity contribution in [2.24, 2.45) is 7.05 Å². The SMILES string of the molecule is Cc1cncc(N2CCN(c3nc4c(C(C)Nc5ccc(Cl)nc5C(=O)O)c(C)sc4c(=O)n3C)CC2)n1. The second-order valence-electron chi connectivity index (χ2n) is 9.22. The van der Waals surface area contributed by atoms with Gasteiger partial charge in [-0.1, -0.05) is 11.6 Å². The Hall–Kier alpha value is -3.77. The molecule has 0 amide bonds. The Kier molecular flexibility index (Phi) is 6.93. The molecule has 4 aromatic heterocycles. The van der Waals surface area contributed by atoms with Gasteiger partial charge in [-0.05, 0) is 32.9 Å². The number of carboxylic acid groups (broad SMARTS) is 1. The number of piperazine rings is 1. The number of rotatable bonds is 6. The van der Waals surface area contributed by atoms with Gasteiger partial charge in [0.1, 0.15) is 15.7 Å². The van der Waals surface area contributed by atoms with Gasteiger partial charge in [0, 0.05) is 49.9 Å². The molecule has 1 aliphatic heterocycles. The Morgan fingerprint density at radius 2 is 1.82 bits per heavy atom. The summed E-state index contributed by atoms with van der Waals surface area (Å²) in [5.74, 6) is 0.261. The lowest BCUT2D eigenvalue weighted by molar-refractivity contribution is 0.0691. The summed E-state index contributed by atoms with van der Waals surface area (Å²) in [6.07, 6.45) is 3.50. The summed E-state index contributed by atoms with van der Waals surface area (Å²) in [7, 11) is 1.75. The Morgan fingerprint density at radius 1 is 1.11 bits per heavy atom. The average Bonchev–Trinajstić information content (AvgIpc) is 3.23. The van der Waals surface area contributed by atoms with Crippen molar-refractivity contribution in [3.8, 4) is 0 Å². The van der Waals surface area contributed by atoms with Crippen molar-refractivity contribution in [2.75, 3.05) is 41.3 Å². The maximum atomic E-state index is 13.4. The molecule has 1 fully saturated rings. The summed E-state index contributed by atoms with van der Waals surface area (Å²) in [5.41, 5.74) is 2.41. The van der Waals surface area contributed by atoms with Crippen LogP contribution in [0.25, 0.3) is 10.2 Å². The summed E-state index contributed by atoms with van der Waals surface area (Å²) in [4.78, 5) is 48.1. The number of nitrogens with zero attached hydrogens (tertiary/aromatic N) is 7. The van der Waals surface area contributed by atoms with E-state index in [1.165, 1.54) is 17.4 Å². The minimum Gasteiger partial charge on any atom is -0.476 e. The van der Waals surface area contributed by atoms with Crippen molar-refractivity contribution in [1.82, 2.24) is 24.5 Å². The van der Waals surface area contributed by atoms with Gasteiger partial charge in [0.05, 0.1) is 29.1 Å². The van der Waals surface area contributed by atoms with Crippen molar-refractivity contribution in [3.05, 3.63) is 61.9 Å². The van der Waals surface area contributed by atoms with Crippen LogP contribution in [-0.2, 0) is 7.05 Å². The predicted octanol–water partition coefficient (Wildman–Crippen LogP) is 3.65. The Bertz CT molecular complexity index is 1600. The quantitative estimate of drug-likeness (QED) is 0.341. The van der Waals surface area contributed by atoms with Crippen molar-refractivity contribution < 1.29 is 9.90 Å². The van der Waals surface area contributed by atoms with E-state index >= 15 is 0 Å². The van der Waals surface area contributed by atoms with Gasteiger partial charge in [0.15, 0.2) is 5.69 Å². The lowest BCUT2D eigenvalue weighted by Gasteiger charge is -2.36. The number of hydrogen-bond donors (Lipinski definition) is 2. The van der Waals surface area contributed by atoms with E-state index in [0.29, 0.717) is 34.9 Å². The van der Waals surface area contributed by atoms with E-state index in [0.717, 1.165) is 35.0 Å². The van der Waals surface area contributed by atoms with Gasteiger partial charge < -0.3 is 20.2 Å². The molecule has 5 rings (SSSR count). The molecule has 11 nitrogen and oxygen atoms in total. The number of thiophene rings is 1. The van der Waals surface area contributed by atoms with E-state index in [-0.39, 0.29) is 22.4 Å². The summed E-state index contributed by atoms with van der Waals surface area (Å²) in [6, 6.07) is 2.79. The van der Waals surface area contributed by atoms with E-state index in [4.69, 9.17) is 16.6 Å². The summed E-state index contributed by atoms with van der Waals surface area (Å²) < 4.78 is 2.17. The first-order chi connectivity index (χ1) is 18.1. The van der Waals surface area contributed by atoms with Crippen LogP contribution in [0.15, 0.2) is 29.3 Å². The molecule has 1 saturated heterocycles. The average molecular weight is 555 g/mol. The van der Waals surface area contributed by atoms with Crippen LogP contribution in [0, 0.1) is 13.8 Å². The zero-order valence-electron chi connectivity index (χ0n) is 21.4. The third-order valence-corrected chi connectivity index (χ3v) is 7.92. The maximum absolute atomic E-state index is 13.4. The van der Waals surface area contributed by atoms with Crippen LogP contribution in [0.1, 0.15) is 39.6 Å². The van der Waals surface area contributed by atoms with Crippen LogP contribution in [0.4, 0.5) is 17.5 Å². The number of anilines is 3.